The minimum Gasteiger partial charge on any atom is -1.00 e. The summed E-state index contributed by atoms with van der Waals surface area (Å²) < 4.78 is 2.00. The van der Waals surface area contributed by atoms with Crippen molar-refractivity contribution in [1.29, 1.82) is 0 Å². The topological polar surface area (TPSA) is 0 Å². The van der Waals surface area contributed by atoms with Crippen LogP contribution in [0.1, 0.15) is 34.6 Å². The summed E-state index contributed by atoms with van der Waals surface area (Å²) in [6.45, 7) is 10.7. The molecule has 3 rings (SSSR count). The van der Waals surface area contributed by atoms with Crippen molar-refractivity contribution in [2.24, 2.45) is 5.92 Å². The molecular weight excluding hydrogens is 359 g/mol. The second kappa shape index (κ2) is 12.8. The predicted molar refractivity (Wildman–Crippen MR) is 91.2 cm³/mol. The van der Waals surface area contributed by atoms with Crippen molar-refractivity contribution in [1.82, 2.24) is 0 Å². The Morgan fingerprint density at radius 3 is 2.04 bits per heavy atom. The zero-order chi connectivity index (χ0) is 15.8. The van der Waals surface area contributed by atoms with Crippen molar-refractivity contribution in [3.63, 3.8) is 0 Å². The molecule has 0 heterocycles. The van der Waals surface area contributed by atoms with Gasteiger partial charge in [0.1, 0.15) is 0 Å². The zero-order valence-corrected chi connectivity index (χ0v) is 17.5. The molecule has 1 atom stereocenters. The molecule has 3 heteroatoms. The van der Waals surface area contributed by atoms with E-state index in [1.807, 2.05) is 31.2 Å². The molecule has 0 radical (unpaired) electrons. The van der Waals surface area contributed by atoms with Gasteiger partial charge in [0.25, 0.3) is 0 Å². The maximum absolute atomic E-state index is 3.36. The van der Waals surface area contributed by atoms with Gasteiger partial charge in [0.2, 0.25) is 0 Å². The Bertz CT molecular complexity index is 620. The van der Waals surface area contributed by atoms with Crippen LogP contribution in [-0.2, 0) is 20.0 Å². The van der Waals surface area contributed by atoms with E-state index in [2.05, 4.69) is 76.2 Å². The number of hydrogen-bond donors (Lipinski definition) is 0. The Morgan fingerprint density at radius 1 is 1.09 bits per heavy atom. The summed E-state index contributed by atoms with van der Waals surface area (Å²) >= 11 is 2.00. The molecule has 0 spiro atoms. The van der Waals surface area contributed by atoms with Crippen LogP contribution in [0.4, 0.5) is 0 Å². The van der Waals surface area contributed by atoms with Gasteiger partial charge < -0.3 is 24.8 Å². The van der Waals surface area contributed by atoms with E-state index in [0.29, 0.717) is 5.92 Å². The van der Waals surface area contributed by atoms with E-state index in [1.54, 1.807) is 0 Å². The van der Waals surface area contributed by atoms with Crippen LogP contribution in [0.25, 0.3) is 10.8 Å². The van der Waals surface area contributed by atoms with Gasteiger partial charge in [-0.1, -0.05) is 32.8 Å². The SMILES string of the molecule is CC1=[C-]C(C)C(C)=C1C.C[CH]=[Ti+2].[Cl-].[Cl-].c1ccc2[cH-]ccc2c1. The maximum atomic E-state index is 3.36. The standard InChI is InChI=1S/C9H7.C9H13.C2H4.2ClH.Ti/c1-2-5-9-7-3-6-8(9)4-1;1-6-5-7(2)9(4)8(6)3;1-2;;;/h1-7H;6H,1-4H3;1H,2H3;2*1H;/q2*-1;;;;+2/p-2. The second-order valence-electron chi connectivity index (χ2n) is 5.24. The van der Waals surface area contributed by atoms with E-state index in [0.717, 1.165) is 0 Å². The van der Waals surface area contributed by atoms with Gasteiger partial charge in [-0.3, -0.25) is 6.08 Å². The first-order valence-electron chi connectivity index (χ1n) is 7.34. The maximum Gasteiger partial charge on any atom is -0.0809 e. The van der Waals surface area contributed by atoms with Gasteiger partial charge in [-0.15, -0.1) is 36.6 Å². The first kappa shape index (κ1) is 24.7. The van der Waals surface area contributed by atoms with Crippen LogP contribution in [0.5, 0.6) is 0 Å². The average Bonchev–Trinajstić information content (AvgIpc) is 3.02. The molecule has 0 bridgehead atoms. The molecule has 1 aliphatic rings. The fourth-order valence-corrected chi connectivity index (χ4v) is 2.23. The Labute approximate surface area is 165 Å². The molecule has 0 aromatic heterocycles. The van der Waals surface area contributed by atoms with E-state index >= 15 is 0 Å². The number of rotatable bonds is 0. The molecule has 0 saturated carbocycles. The summed E-state index contributed by atoms with van der Waals surface area (Å²) in [6, 6.07) is 14.7. The van der Waals surface area contributed by atoms with Gasteiger partial charge in [-0.2, -0.15) is 28.7 Å². The summed E-state index contributed by atoms with van der Waals surface area (Å²) in [7, 11) is 0. The van der Waals surface area contributed by atoms with Crippen molar-refractivity contribution in [2.45, 2.75) is 34.6 Å². The van der Waals surface area contributed by atoms with Gasteiger partial charge in [0.15, 0.2) is 0 Å². The average molecular weight is 383 g/mol. The molecule has 0 amide bonds. The zero-order valence-electron chi connectivity index (χ0n) is 14.5. The molecular formula is C20H24Cl2Ti-2. The molecule has 1 unspecified atom stereocenters. The summed E-state index contributed by atoms with van der Waals surface area (Å²) in [4.78, 5) is 0. The van der Waals surface area contributed by atoms with Gasteiger partial charge >= 0.3 is 31.2 Å². The molecule has 23 heavy (non-hydrogen) atoms. The number of halogens is 2. The predicted octanol–water partition coefficient (Wildman–Crippen LogP) is -0.356. The van der Waals surface area contributed by atoms with Crippen molar-refractivity contribution < 1.29 is 44.8 Å². The van der Waals surface area contributed by atoms with Gasteiger partial charge in [0, 0.05) is 0 Å². The van der Waals surface area contributed by atoms with Crippen LogP contribution in [-0.4, -0.2) is 4.31 Å². The number of fused-ring (bicyclic) bond motifs is 1. The van der Waals surface area contributed by atoms with E-state index in [-0.39, 0.29) is 24.8 Å². The van der Waals surface area contributed by atoms with E-state index in [4.69, 9.17) is 0 Å². The summed E-state index contributed by atoms with van der Waals surface area (Å²) in [5, 5.41) is 2.66. The summed E-state index contributed by atoms with van der Waals surface area (Å²) in [6.07, 6.45) is 3.36. The van der Waals surface area contributed by atoms with E-state index < -0.39 is 0 Å². The van der Waals surface area contributed by atoms with Crippen molar-refractivity contribution in [2.75, 3.05) is 0 Å². The van der Waals surface area contributed by atoms with Gasteiger partial charge in [-0.05, 0) is 0 Å². The fourth-order valence-electron chi connectivity index (χ4n) is 2.23. The molecule has 0 nitrogen and oxygen atoms in total. The monoisotopic (exact) mass is 382 g/mol. The van der Waals surface area contributed by atoms with E-state index in [1.165, 1.54) is 27.5 Å². The van der Waals surface area contributed by atoms with Crippen molar-refractivity contribution in [3.8, 4) is 0 Å². The van der Waals surface area contributed by atoms with Crippen LogP contribution in [0.3, 0.4) is 0 Å². The first-order valence-corrected chi connectivity index (χ1v) is 8.24. The Kier molecular flexibility index (Phi) is 13.8. The third-order valence-electron chi connectivity index (χ3n) is 3.78. The van der Waals surface area contributed by atoms with Crippen molar-refractivity contribution in [3.05, 3.63) is 65.3 Å². The largest absolute Gasteiger partial charge is 1.00 e. The van der Waals surface area contributed by atoms with Gasteiger partial charge in [0.05, 0.1) is 0 Å². The smallest absolute Gasteiger partial charge is 0.0809 e. The number of benzene rings is 1. The third-order valence-corrected chi connectivity index (χ3v) is 3.78. The van der Waals surface area contributed by atoms with Crippen molar-refractivity contribution >= 4 is 15.1 Å². The second-order valence-corrected chi connectivity index (χ2v) is 6.14. The molecule has 0 fully saturated rings. The minimum absolute atomic E-state index is 0. The molecule has 124 valence electrons. The Balaban J connectivity index is 0. The van der Waals surface area contributed by atoms with Crippen LogP contribution in [0.2, 0.25) is 0 Å². The first-order chi connectivity index (χ1) is 10.0. The van der Waals surface area contributed by atoms with Crippen LogP contribution in [0, 0.1) is 12.0 Å². The van der Waals surface area contributed by atoms with E-state index in [9.17, 15) is 0 Å². The quantitative estimate of drug-likeness (QED) is 0.431. The van der Waals surface area contributed by atoms with Gasteiger partial charge in [-0.25, -0.2) is 5.57 Å². The Morgan fingerprint density at radius 2 is 1.65 bits per heavy atom. The number of hydrogen-bond acceptors (Lipinski definition) is 0. The molecule has 2 aromatic rings. The summed E-state index contributed by atoms with van der Waals surface area (Å²) in [5.74, 6) is 0.560. The number of allylic oxidation sites excluding steroid dienone is 4. The minimum atomic E-state index is 0. The molecule has 0 aliphatic heterocycles. The fraction of sp³-hybridized carbons (Fsp3) is 0.300. The Hall–Kier alpha value is -0.526. The third kappa shape index (κ3) is 7.72. The van der Waals surface area contributed by atoms with Crippen LogP contribution >= 0.6 is 0 Å². The molecule has 0 saturated heterocycles. The molecule has 1 aliphatic carbocycles. The van der Waals surface area contributed by atoms with Crippen LogP contribution < -0.4 is 24.8 Å². The van der Waals surface area contributed by atoms with Crippen LogP contribution in [0.15, 0.2) is 59.2 Å². The summed E-state index contributed by atoms with van der Waals surface area (Å²) in [5.41, 5.74) is 4.25. The molecule has 0 N–H and O–H groups in total. The molecule has 2 aromatic carbocycles. The normalized spacial score (nSPS) is 15.3.